The molecule has 1 unspecified atom stereocenters. The number of anilines is 2. The fourth-order valence-electron chi connectivity index (χ4n) is 3.48. The molecule has 0 bridgehead atoms. The summed E-state index contributed by atoms with van der Waals surface area (Å²) in [6, 6.07) is 16.3. The molecule has 0 spiro atoms. The first-order valence-corrected chi connectivity index (χ1v) is 10.3. The van der Waals surface area contributed by atoms with Crippen molar-refractivity contribution in [1.82, 2.24) is 15.1 Å². The van der Waals surface area contributed by atoms with E-state index in [0.717, 1.165) is 28.2 Å². The van der Waals surface area contributed by atoms with Gasteiger partial charge < -0.3 is 16.0 Å². The van der Waals surface area contributed by atoms with E-state index in [-0.39, 0.29) is 18.0 Å². The molecule has 0 fully saturated rings. The maximum atomic E-state index is 12.4. The lowest BCUT2D eigenvalue weighted by Crippen LogP contribution is -2.27. The van der Waals surface area contributed by atoms with Crippen LogP contribution in [-0.4, -0.2) is 21.7 Å². The molecule has 1 aromatic heterocycles. The van der Waals surface area contributed by atoms with Crippen molar-refractivity contribution in [3.8, 4) is 0 Å². The average molecular weight is 420 g/mol. The van der Waals surface area contributed by atoms with E-state index in [1.54, 1.807) is 0 Å². The van der Waals surface area contributed by atoms with Crippen molar-refractivity contribution in [1.29, 1.82) is 0 Å². The number of carbonyl (C=O) groups is 2. The molecule has 3 amide bonds. The molecule has 0 aliphatic heterocycles. The highest BCUT2D eigenvalue weighted by molar-refractivity contribution is 5.99. The molecule has 1 heterocycles. The molecular formula is C24H29N5O2. The lowest BCUT2D eigenvalue weighted by Gasteiger charge is -2.15. The lowest BCUT2D eigenvalue weighted by atomic mass is 10.1. The van der Waals surface area contributed by atoms with E-state index in [1.807, 2.05) is 87.1 Å². The van der Waals surface area contributed by atoms with Crippen molar-refractivity contribution < 1.29 is 9.59 Å². The number of aromatic nitrogens is 2. The molecule has 7 heteroatoms. The van der Waals surface area contributed by atoms with Gasteiger partial charge in [0.1, 0.15) is 0 Å². The molecule has 3 aromatic rings. The molecule has 31 heavy (non-hydrogen) atoms. The van der Waals surface area contributed by atoms with Crippen LogP contribution in [0.5, 0.6) is 0 Å². The van der Waals surface area contributed by atoms with Gasteiger partial charge in [-0.05, 0) is 62.6 Å². The third kappa shape index (κ3) is 5.94. The zero-order valence-corrected chi connectivity index (χ0v) is 18.4. The third-order valence-electron chi connectivity index (χ3n) is 5.34. The Kier molecular flexibility index (Phi) is 7.07. The number of nitrogens with zero attached hydrogens (tertiary/aromatic N) is 2. The van der Waals surface area contributed by atoms with Crippen molar-refractivity contribution in [3.05, 3.63) is 77.1 Å². The van der Waals surface area contributed by atoms with Gasteiger partial charge in [-0.3, -0.25) is 9.48 Å². The number of para-hydroxylation sites is 1. The molecule has 1 atom stereocenters. The van der Waals surface area contributed by atoms with Crippen LogP contribution >= 0.6 is 0 Å². The smallest absolute Gasteiger partial charge is 0.323 e. The standard InChI is InChI=1S/C24H29N5O2/c1-16(25-23(30)15-14-22-17(2)28-29(4)18(22)3)19-10-12-21(13-11-19)27-24(31)26-20-8-6-5-7-9-20/h5-13,16H,14-15H2,1-4H3,(H,25,30)(H2,26,27,31). The van der Waals surface area contributed by atoms with Gasteiger partial charge in [-0.15, -0.1) is 0 Å². The van der Waals surface area contributed by atoms with Crippen molar-refractivity contribution in [2.24, 2.45) is 7.05 Å². The van der Waals surface area contributed by atoms with E-state index in [4.69, 9.17) is 0 Å². The van der Waals surface area contributed by atoms with Crippen molar-refractivity contribution in [3.63, 3.8) is 0 Å². The van der Waals surface area contributed by atoms with Gasteiger partial charge in [-0.1, -0.05) is 30.3 Å². The summed E-state index contributed by atoms with van der Waals surface area (Å²) in [5, 5.41) is 13.0. The van der Waals surface area contributed by atoms with Gasteiger partial charge in [0.2, 0.25) is 5.91 Å². The van der Waals surface area contributed by atoms with Crippen LogP contribution < -0.4 is 16.0 Å². The molecule has 3 rings (SSSR count). The third-order valence-corrected chi connectivity index (χ3v) is 5.34. The molecule has 0 saturated heterocycles. The van der Waals surface area contributed by atoms with Gasteiger partial charge in [0.05, 0.1) is 11.7 Å². The Labute approximate surface area is 182 Å². The summed E-state index contributed by atoms with van der Waals surface area (Å²) in [4.78, 5) is 24.5. The van der Waals surface area contributed by atoms with Crippen LogP contribution in [-0.2, 0) is 18.3 Å². The van der Waals surface area contributed by atoms with Crippen LogP contribution in [0.3, 0.4) is 0 Å². The lowest BCUT2D eigenvalue weighted by molar-refractivity contribution is -0.121. The number of amides is 3. The number of nitrogens with one attached hydrogen (secondary N) is 3. The van der Waals surface area contributed by atoms with Crippen molar-refractivity contribution in [2.75, 3.05) is 10.6 Å². The summed E-state index contributed by atoms with van der Waals surface area (Å²) < 4.78 is 1.85. The van der Waals surface area contributed by atoms with Crippen LogP contribution in [0.2, 0.25) is 0 Å². The average Bonchev–Trinajstić information content (AvgIpc) is 2.98. The van der Waals surface area contributed by atoms with E-state index < -0.39 is 0 Å². The Bertz CT molecular complexity index is 1040. The molecule has 0 saturated carbocycles. The predicted octanol–water partition coefficient (Wildman–Crippen LogP) is 4.49. The molecule has 3 N–H and O–H groups in total. The van der Waals surface area contributed by atoms with Crippen LogP contribution in [0.4, 0.5) is 16.2 Å². The summed E-state index contributed by atoms with van der Waals surface area (Å²) >= 11 is 0. The summed E-state index contributed by atoms with van der Waals surface area (Å²) in [6.45, 7) is 5.94. The van der Waals surface area contributed by atoms with Gasteiger partial charge in [-0.25, -0.2) is 4.79 Å². The topological polar surface area (TPSA) is 88.1 Å². The number of benzene rings is 2. The Morgan fingerprint density at radius 1 is 0.968 bits per heavy atom. The molecule has 7 nitrogen and oxygen atoms in total. The first-order chi connectivity index (χ1) is 14.8. The highest BCUT2D eigenvalue weighted by atomic mass is 16.2. The van der Waals surface area contributed by atoms with E-state index in [2.05, 4.69) is 21.0 Å². The van der Waals surface area contributed by atoms with E-state index >= 15 is 0 Å². The van der Waals surface area contributed by atoms with Gasteiger partial charge in [0.15, 0.2) is 0 Å². The Morgan fingerprint density at radius 2 is 1.58 bits per heavy atom. The first-order valence-electron chi connectivity index (χ1n) is 10.3. The van der Waals surface area contributed by atoms with Gasteiger partial charge >= 0.3 is 6.03 Å². The number of carbonyl (C=O) groups excluding carboxylic acids is 2. The SMILES string of the molecule is Cc1nn(C)c(C)c1CCC(=O)NC(C)c1ccc(NC(=O)Nc2ccccc2)cc1. The van der Waals surface area contributed by atoms with Gasteiger partial charge in [0.25, 0.3) is 0 Å². The number of hydrogen-bond donors (Lipinski definition) is 3. The fraction of sp³-hybridized carbons (Fsp3) is 0.292. The van der Waals surface area contributed by atoms with Crippen molar-refractivity contribution >= 4 is 23.3 Å². The maximum absolute atomic E-state index is 12.4. The highest BCUT2D eigenvalue weighted by Crippen LogP contribution is 2.18. The first kappa shape index (κ1) is 22.1. The summed E-state index contributed by atoms with van der Waals surface area (Å²) in [7, 11) is 1.91. The number of rotatable bonds is 7. The largest absolute Gasteiger partial charge is 0.350 e. The minimum absolute atomic E-state index is 0.000376. The zero-order chi connectivity index (χ0) is 22.4. The quantitative estimate of drug-likeness (QED) is 0.527. The van der Waals surface area contributed by atoms with E-state index in [1.165, 1.54) is 0 Å². The van der Waals surface area contributed by atoms with Crippen LogP contribution in [0.1, 0.15) is 41.9 Å². The second-order valence-electron chi connectivity index (χ2n) is 7.63. The summed E-state index contributed by atoms with van der Waals surface area (Å²) in [6.07, 6.45) is 1.08. The minimum atomic E-state index is -0.304. The van der Waals surface area contributed by atoms with Crippen molar-refractivity contribution in [2.45, 2.75) is 39.7 Å². The summed E-state index contributed by atoms with van der Waals surface area (Å²) in [5.74, 6) is -0.000376. The molecule has 0 radical (unpaired) electrons. The predicted molar refractivity (Wildman–Crippen MR) is 123 cm³/mol. The molecule has 0 aliphatic carbocycles. The molecular weight excluding hydrogens is 390 g/mol. The van der Waals surface area contributed by atoms with Gasteiger partial charge in [-0.2, -0.15) is 5.10 Å². The molecule has 0 aliphatic rings. The number of urea groups is 1. The monoisotopic (exact) mass is 419 g/mol. The van der Waals surface area contributed by atoms with Crippen LogP contribution in [0.15, 0.2) is 54.6 Å². The Morgan fingerprint density at radius 3 is 2.16 bits per heavy atom. The Hall–Kier alpha value is -3.61. The number of hydrogen-bond acceptors (Lipinski definition) is 3. The van der Waals surface area contributed by atoms with Crippen LogP contribution in [0.25, 0.3) is 0 Å². The second kappa shape index (κ2) is 9.93. The summed E-state index contributed by atoms with van der Waals surface area (Å²) in [5.41, 5.74) is 5.58. The van der Waals surface area contributed by atoms with E-state index in [0.29, 0.717) is 18.5 Å². The second-order valence-corrected chi connectivity index (χ2v) is 7.63. The van der Waals surface area contributed by atoms with Crippen LogP contribution in [0, 0.1) is 13.8 Å². The minimum Gasteiger partial charge on any atom is -0.350 e. The highest BCUT2D eigenvalue weighted by Gasteiger charge is 2.14. The normalized spacial score (nSPS) is 11.6. The Balaban J connectivity index is 1.49. The fourth-order valence-corrected chi connectivity index (χ4v) is 3.48. The maximum Gasteiger partial charge on any atom is 0.323 e. The van der Waals surface area contributed by atoms with Gasteiger partial charge in [0, 0.05) is 30.5 Å². The molecule has 2 aromatic carbocycles. The zero-order valence-electron chi connectivity index (χ0n) is 18.4. The molecule has 162 valence electrons. The number of aryl methyl sites for hydroxylation is 2. The van der Waals surface area contributed by atoms with E-state index in [9.17, 15) is 9.59 Å².